The number of hydrogen-bond acceptors (Lipinski definition) is 1. The fraction of sp³-hybridized carbons (Fsp3) is 1.00. The SMILES string of the molecule is [B]B=BB=BOCC. The first-order valence-electron chi connectivity index (χ1n) is 2.56. The van der Waals surface area contributed by atoms with Gasteiger partial charge in [0.15, 0.2) is 0 Å². The zero-order valence-corrected chi connectivity index (χ0v) is 5.00. The van der Waals surface area contributed by atoms with Gasteiger partial charge in [-0.1, -0.05) is 0 Å². The molecule has 0 saturated carbocycles. The van der Waals surface area contributed by atoms with Crippen LogP contribution in [0.1, 0.15) is 6.92 Å². The van der Waals surface area contributed by atoms with Crippen LogP contribution in [0, 0.1) is 0 Å². The average molecular weight is 99.1 g/mol. The molecule has 0 heterocycles. The predicted molar refractivity (Wildman–Crippen MR) is 40.4 cm³/mol. The van der Waals surface area contributed by atoms with Crippen molar-refractivity contribution in [2.24, 2.45) is 0 Å². The molecule has 0 fully saturated rings. The van der Waals surface area contributed by atoms with Gasteiger partial charge >= 0.3 is 53.0 Å². The Morgan fingerprint density at radius 2 is 2.25 bits per heavy atom. The molecule has 0 aromatic heterocycles. The summed E-state index contributed by atoms with van der Waals surface area (Å²) in [5.41, 5.74) is 0. The summed E-state index contributed by atoms with van der Waals surface area (Å²) in [4.78, 5) is 0. The molecule has 0 aliphatic heterocycles. The fourth-order valence-corrected chi connectivity index (χ4v) is 0.261. The van der Waals surface area contributed by atoms with Crippen LogP contribution in [0.4, 0.5) is 0 Å². The molecular weight excluding hydrogens is 94.1 g/mol. The number of hydrogen-bond donors (Lipinski definition) is 0. The molecule has 0 bridgehead atoms. The van der Waals surface area contributed by atoms with Gasteiger partial charge in [0.1, 0.15) is 0 Å². The van der Waals surface area contributed by atoms with E-state index in [1.165, 1.54) is 6.69 Å². The Bertz CT molecular complexity index is 88.4. The van der Waals surface area contributed by atoms with Crippen molar-refractivity contribution in [3.05, 3.63) is 0 Å². The van der Waals surface area contributed by atoms with Gasteiger partial charge in [0.05, 0.1) is 0 Å². The molecule has 34 valence electrons. The molecule has 0 atom stereocenters. The van der Waals surface area contributed by atoms with Gasteiger partial charge in [0.2, 0.25) is 0 Å². The van der Waals surface area contributed by atoms with Gasteiger partial charge in [0.25, 0.3) is 0 Å². The Morgan fingerprint density at radius 1 is 1.50 bits per heavy atom. The third kappa shape index (κ3) is 6.12. The van der Waals surface area contributed by atoms with Crippen molar-refractivity contribution >= 4 is 34.8 Å². The average Bonchev–Trinajstić information content (AvgIpc) is 1.81. The van der Waals surface area contributed by atoms with Crippen molar-refractivity contribution in [3.8, 4) is 0 Å². The summed E-state index contributed by atoms with van der Waals surface area (Å²) in [5, 5.41) is 0. The van der Waals surface area contributed by atoms with Crippen LogP contribution >= 0.6 is 0 Å². The summed E-state index contributed by atoms with van der Waals surface area (Å²) >= 11 is 0. The van der Waals surface area contributed by atoms with E-state index in [2.05, 4.69) is 0 Å². The van der Waals surface area contributed by atoms with Crippen LogP contribution in [0.5, 0.6) is 0 Å². The second kappa shape index (κ2) is 7.12. The summed E-state index contributed by atoms with van der Waals surface area (Å²) in [6.07, 6.45) is 0. The molecule has 0 aromatic carbocycles. The van der Waals surface area contributed by atoms with E-state index in [1.54, 1.807) is 20.4 Å². The van der Waals surface area contributed by atoms with Crippen molar-refractivity contribution in [2.45, 2.75) is 6.92 Å². The van der Waals surface area contributed by atoms with Crippen LogP contribution in [0.15, 0.2) is 0 Å². The molecule has 1 nitrogen and oxygen atoms in total. The van der Waals surface area contributed by atoms with Crippen molar-refractivity contribution < 1.29 is 4.65 Å². The molecule has 0 unspecified atom stereocenters. The molecular formula is C2H5B5O. The topological polar surface area (TPSA) is 9.23 Å². The maximum atomic E-state index is 5.02. The zero-order valence-electron chi connectivity index (χ0n) is 5.00. The van der Waals surface area contributed by atoms with Gasteiger partial charge in [0, 0.05) is 0 Å². The van der Waals surface area contributed by atoms with E-state index >= 15 is 0 Å². The first-order chi connectivity index (χ1) is 3.91. The van der Waals surface area contributed by atoms with E-state index in [0.29, 0.717) is 6.61 Å². The maximum absolute atomic E-state index is 5.02. The molecule has 2 radical (unpaired) electrons. The first-order valence-corrected chi connectivity index (χ1v) is 2.56. The molecule has 0 rings (SSSR count). The molecule has 0 N–H and O–H groups in total. The van der Waals surface area contributed by atoms with Crippen molar-refractivity contribution in [1.29, 1.82) is 0 Å². The van der Waals surface area contributed by atoms with E-state index < -0.39 is 0 Å². The molecule has 0 aromatic rings. The minimum absolute atomic E-state index is 0.703. The summed E-state index contributed by atoms with van der Waals surface area (Å²) in [6, 6.07) is 0. The minimum atomic E-state index is 0.703. The van der Waals surface area contributed by atoms with E-state index in [1.807, 2.05) is 6.92 Å². The Labute approximate surface area is 53.8 Å². The Morgan fingerprint density at radius 3 is 2.75 bits per heavy atom. The van der Waals surface area contributed by atoms with Gasteiger partial charge in [-0.05, 0) is 0 Å². The van der Waals surface area contributed by atoms with E-state index in [9.17, 15) is 0 Å². The standard InChI is InChI=1S/C2H5B5O/c1-2-8-7-6-5-4-3/h2H2,1H3. The van der Waals surface area contributed by atoms with Crippen molar-refractivity contribution in [1.82, 2.24) is 0 Å². The second-order valence-corrected chi connectivity index (χ2v) is 1.17. The van der Waals surface area contributed by atoms with Gasteiger partial charge in [-0.25, -0.2) is 0 Å². The fourth-order valence-electron chi connectivity index (χ4n) is 0.261. The second-order valence-electron chi connectivity index (χ2n) is 1.17. The molecule has 0 amide bonds. The summed E-state index contributed by atoms with van der Waals surface area (Å²) in [6.45, 7) is 7.53. The Hall–Kier alpha value is 0.125. The molecule has 0 saturated heterocycles. The van der Waals surface area contributed by atoms with Crippen LogP contribution in [0.2, 0.25) is 0 Å². The predicted octanol–water partition coefficient (Wildman–Crippen LogP) is -1.42. The van der Waals surface area contributed by atoms with Gasteiger partial charge in [-0.2, -0.15) is 0 Å². The summed E-state index contributed by atoms with van der Waals surface area (Å²) in [7, 11) is 6.62. The van der Waals surface area contributed by atoms with Crippen LogP contribution in [0.25, 0.3) is 0 Å². The van der Waals surface area contributed by atoms with Crippen molar-refractivity contribution in [2.75, 3.05) is 6.61 Å². The zero-order chi connectivity index (χ0) is 6.24. The molecule has 0 spiro atoms. The third-order valence-electron chi connectivity index (χ3n) is 0.564. The van der Waals surface area contributed by atoms with E-state index in [0.717, 1.165) is 0 Å². The van der Waals surface area contributed by atoms with Gasteiger partial charge in [-0.15, -0.1) is 0 Å². The summed E-state index contributed by atoms with van der Waals surface area (Å²) < 4.78 is 4.85. The van der Waals surface area contributed by atoms with Crippen LogP contribution in [0.3, 0.4) is 0 Å². The van der Waals surface area contributed by atoms with Crippen LogP contribution in [-0.4, -0.2) is 41.4 Å². The molecule has 0 aliphatic carbocycles. The Balaban J connectivity index is 3.07. The Kier molecular flexibility index (Phi) is 7.24. The monoisotopic (exact) mass is 100 g/mol. The van der Waals surface area contributed by atoms with Gasteiger partial charge < -0.3 is 0 Å². The third-order valence-corrected chi connectivity index (χ3v) is 0.564. The van der Waals surface area contributed by atoms with Crippen molar-refractivity contribution in [3.63, 3.8) is 0 Å². The van der Waals surface area contributed by atoms with E-state index in [4.69, 9.17) is 12.4 Å². The molecule has 0 aliphatic rings. The number of rotatable bonds is 3. The van der Waals surface area contributed by atoms with E-state index in [-0.39, 0.29) is 0 Å². The molecule has 8 heavy (non-hydrogen) atoms. The van der Waals surface area contributed by atoms with Crippen LogP contribution in [-0.2, 0) is 4.65 Å². The summed E-state index contributed by atoms with van der Waals surface area (Å²) in [5.74, 6) is 0. The van der Waals surface area contributed by atoms with Crippen LogP contribution < -0.4 is 0 Å². The molecule has 6 heteroatoms. The normalized spacial score (nSPS) is 7.12. The first kappa shape index (κ1) is 8.12. The quantitative estimate of drug-likeness (QED) is 0.395. The van der Waals surface area contributed by atoms with Gasteiger partial charge in [-0.3, -0.25) is 0 Å².